The van der Waals surface area contributed by atoms with E-state index in [0.29, 0.717) is 24.6 Å². The molecule has 5 heteroatoms. The highest BCUT2D eigenvalue weighted by atomic mass is 19.1. The van der Waals surface area contributed by atoms with E-state index in [9.17, 15) is 4.39 Å². The molecular weight excluding hydrogens is 271 g/mol. The normalized spacial score (nSPS) is 26.7. The second kappa shape index (κ2) is 6.62. The van der Waals surface area contributed by atoms with E-state index in [1.807, 2.05) is 11.0 Å². The van der Waals surface area contributed by atoms with Crippen LogP contribution in [0.1, 0.15) is 25.7 Å². The van der Waals surface area contributed by atoms with Crippen LogP contribution in [-0.2, 0) is 4.74 Å². The zero-order valence-electron chi connectivity index (χ0n) is 12.3. The Morgan fingerprint density at radius 3 is 2.90 bits per heavy atom. The molecule has 3 rings (SSSR count). The standard InChI is InChI=1S/C16H23FN2O2/c17-15-9-13(21-14-4-2-8-20-11-14)5-6-16(15)19-7-1-3-12(18)10-19/h5-6,9,12,14H,1-4,7-8,10-11,18H2. The lowest BCUT2D eigenvalue weighted by Gasteiger charge is -2.33. The average molecular weight is 294 g/mol. The summed E-state index contributed by atoms with van der Waals surface area (Å²) in [5, 5.41) is 0. The molecule has 2 heterocycles. The average Bonchev–Trinajstić information content (AvgIpc) is 2.48. The van der Waals surface area contributed by atoms with E-state index in [1.165, 1.54) is 6.07 Å². The number of hydrogen-bond acceptors (Lipinski definition) is 4. The van der Waals surface area contributed by atoms with Gasteiger partial charge in [-0.15, -0.1) is 0 Å². The summed E-state index contributed by atoms with van der Waals surface area (Å²) >= 11 is 0. The Labute approximate surface area is 125 Å². The van der Waals surface area contributed by atoms with Crippen molar-refractivity contribution in [3.63, 3.8) is 0 Å². The maximum Gasteiger partial charge on any atom is 0.150 e. The maximum atomic E-state index is 14.3. The molecule has 1 aromatic carbocycles. The Morgan fingerprint density at radius 2 is 2.19 bits per heavy atom. The van der Waals surface area contributed by atoms with Crippen molar-refractivity contribution in [2.24, 2.45) is 5.73 Å². The predicted molar refractivity (Wildman–Crippen MR) is 80.3 cm³/mol. The summed E-state index contributed by atoms with van der Waals surface area (Å²) in [4.78, 5) is 2.02. The van der Waals surface area contributed by atoms with Crippen LogP contribution in [0.2, 0.25) is 0 Å². The van der Waals surface area contributed by atoms with Gasteiger partial charge in [0.15, 0.2) is 0 Å². The monoisotopic (exact) mass is 294 g/mol. The molecule has 0 aliphatic carbocycles. The molecular formula is C16H23FN2O2. The molecule has 2 saturated heterocycles. The minimum absolute atomic E-state index is 0.0346. The summed E-state index contributed by atoms with van der Waals surface area (Å²) in [5.74, 6) is 0.339. The number of benzene rings is 1. The van der Waals surface area contributed by atoms with E-state index in [1.54, 1.807) is 6.07 Å². The lowest BCUT2D eigenvalue weighted by Crippen LogP contribution is -2.43. The first-order valence-electron chi connectivity index (χ1n) is 7.77. The van der Waals surface area contributed by atoms with Gasteiger partial charge < -0.3 is 20.1 Å². The molecule has 21 heavy (non-hydrogen) atoms. The number of piperidine rings is 1. The van der Waals surface area contributed by atoms with Crippen molar-refractivity contribution in [3.05, 3.63) is 24.0 Å². The van der Waals surface area contributed by atoms with Crippen molar-refractivity contribution in [3.8, 4) is 5.75 Å². The number of nitrogens with zero attached hydrogens (tertiary/aromatic N) is 1. The Balaban J connectivity index is 1.67. The molecule has 2 aliphatic heterocycles. The van der Waals surface area contributed by atoms with E-state index in [4.69, 9.17) is 15.2 Å². The highest BCUT2D eigenvalue weighted by Gasteiger charge is 2.21. The van der Waals surface area contributed by atoms with Gasteiger partial charge >= 0.3 is 0 Å². The minimum atomic E-state index is -0.238. The Bertz CT molecular complexity index is 477. The zero-order chi connectivity index (χ0) is 14.7. The fraction of sp³-hybridized carbons (Fsp3) is 0.625. The highest BCUT2D eigenvalue weighted by Crippen LogP contribution is 2.27. The van der Waals surface area contributed by atoms with Gasteiger partial charge in [0.25, 0.3) is 0 Å². The molecule has 4 nitrogen and oxygen atoms in total. The quantitative estimate of drug-likeness (QED) is 0.929. The number of ether oxygens (including phenoxy) is 2. The molecule has 2 atom stereocenters. The van der Waals surface area contributed by atoms with Crippen molar-refractivity contribution in [1.29, 1.82) is 0 Å². The maximum absolute atomic E-state index is 14.3. The summed E-state index contributed by atoms with van der Waals surface area (Å²) in [7, 11) is 0. The molecule has 2 unspecified atom stereocenters. The van der Waals surface area contributed by atoms with E-state index in [0.717, 1.165) is 38.8 Å². The molecule has 0 aromatic heterocycles. The number of nitrogens with two attached hydrogens (primary N) is 1. The third-order valence-corrected chi connectivity index (χ3v) is 4.14. The molecule has 2 N–H and O–H groups in total. The molecule has 1 aromatic rings. The van der Waals surface area contributed by atoms with Crippen LogP contribution in [-0.4, -0.2) is 38.4 Å². The molecule has 2 fully saturated rings. The highest BCUT2D eigenvalue weighted by molar-refractivity contribution is 5.51. The van der Waals surface area contributed by atoms with Gasteiger partial charge in [0, 0.05) is 31.8 Å². The molecule has 0 amide bonds. The topological polar surface area (TPSA) is 47.7 Å². The van der Waals surface area contributed by atoms with Crippen LogP contribution < -0.4 is 15.4 Å². The van der Waals surface area contributed by atoms with Crippen LogP contribution in [0.3, 0.4) is 0 Å². The van der Waals surface area contributed by atoms with Gasteiger partial charge in [-0.2, -0.15) is 0 Å². The van der Waals surface area contributed by atoms with Crippen molar-refractivity contribution in [1.82, 2.24) is 0 Å². The summed E-state index contributed by atoms with van der Waals surface area (Å²) in [6.07, 6.45) is 4.02. The van der Waals surface area contributed by atoms with Crippen LogP contribution in [0.4, 0.5) is 10.1 Å². The van der Waals surface area contributed by atoms with Gasteiger partial charge in [-0.25, -0.2) is 4.39 Å². The van der Waals surface area contributed by atoms with Gasteiger partial charge in [0.1, 0.15) is 17.7 Å². The van der Waals surface area contributed by atoms with Gasteiger partial charge in [0.05, 0.1) is 12.3 Å². The number of anilines is 1. The van der Waals surface area contributed by atoms with Crippen LogP contribution in [0, 0.1) is 5.82 Å². The fourth-order valence-corrected chi connectivity index (χ4v) is 3.04. The number of hydrogen-bond donors (Lipinski definition) is 1. The molecule has 0 bridgehead atoms. The SMILES string of the molecule is NC1CCCN(c2ccc(OC3CCCOC3)cc2F)C1. The van der Waals surface area contributed by atoms with Gasteiger partial charge in [-0.05, 0) is 37.8 Å². The first-order chi connectivity index (χ1) is 10.2. The van der Waals surface area contributed by atoms with E-state index < -0.39 is 0 Å². The van der Waals surface area contributed by atoms with E-state index in [2.05, 4.69) is 0 Å². The van der Waals surface area contributed by atoms with Crippen molar-refractivity contribution in [2.45, 2.75) is 37.8 Å². The van der Waals surface area contributed by atoms with Crippen LogP contribution in [0.25, 0.3) is 0 Å². The summed E-state index contributed by atoms with van der Waals surface area (Å²) in [6.45, 7) is 2.96. The van der Waals surface area contributed by atoms with Gasteiger partial charge in [-0.3, -0.25) is 0 Å². The minimum Gasteiger partial charge on any atom is -0.488 e. The zero-order valence-corrected chi connectivity index (χ0v) is 12.3. The number of rotatable bonds is 3. The van der Waals surface area contributed by atoms with E-state index in [-0.39, 0.29) is 18.0 Å². The van der Waals surface area contributed by atoms with E-state index >= 15 is 0 Å². The fourth-order valence-electron chi connectivity index (χ4n) is 3.04. The summed E-state index contributed by atoms with van der Waals surface area (Å²) in [6, 6.07) is 5.25. The molecule has 2 aliphatic rings. The van der Waals surface area contributed by atoms with Crippen molar-refractivity contribution in [2.75, 3.05) is 31.2 Å². The second-order valence-corrected chi connectivity index (χ2v) is 5.92. The van der Waals surface area contributed by atoms with Gasteiger partial charge in [-0.1, -0.05) is 0 Å². The summed E-state index contributed by atoms with van der Waals surface area (Å²) < 4.78 is 25.5. The molecule has 116 valence electrons. The van der Waals surface area contributed by atoms with Gasteiger partial charge in [0.2, 0.25) is 0 Å². The Kier molecular flexibility index (Phi) is 4.60. The molecule has 0 saturated carbocycles. The van der Waals surface area contributed by atoms with Crippen LogP contribution in [0.5, 0.6) is 5.75 Å². The second-order valence-electron chi connectivity index (χ2n) is 5.92. The Hall–Kier alpha value is -1.33. The Morgan fingerprint density at radius 1 is 1.29 bits per heavy atom. The van der Waals surface area contributed by atoms with Crippen LogP contribution in [0.15, 0.2) is 18.2 Å². The predicted octanol–water partition coefficient (Wildman–Crippen LogP) is 2.31. The number of halogens is 1. The third-order valence-electron chi connectivity index (χ3n) is 4.14. The lowest BCUT2D eigenvalue weighted by atomic mass is 10.1. The first-order valence-corrected chi connectivity index (χ1v) is 7.77. The molecule has 0 radical (unpaired) electrons. The smallest absolute Gasteiger partial charge is 0.150 e. The summed E-state index contributed by atoms with van der Waals surface area (Å²) in [5.41, 5.74) is 6.59. The largest absolute Gasteiger partial charge is 0.488 e. The lowest BCUT2D eigenvalue weighted by molar-refractivity contribution is 0.00732. The first kappa shape index (κ1) is 14.6. The van der Waals surface area contributed by atoms with Crippen molar-refractivity contribution >= 4 is 5.69 Å². The van der Waals surface area contributed by atoms with Crippen LogP contribution >= 0.6 is 0 Å². The third kappa shape index (κ3) is 3.66. The van der Waals surface area contributed by atoms with Crippen molar-refractivity contribution < 1.29 is 13.9 Å². The molecule has 0 spiro atoms.